The van der Waals surface area contributed by atoms with Crippen LogP contribution in [0.15, 0.2) is 21.0 Å². The highest BCUT2D eigenvalue weighted by Crippen LogP contribution is 2.29. The van der Waals surface area contributed by atoms with Crippen LogP contribution in [0.4, 0.5) is 0 Å². The molecule has 2 aromatic heterocycles. The number of nitrogens with one attached hydrogen (secondary N) is 1. The molecular weight excluding hydrogens is 274 g/mol. The average Bonchev–Trinajstić information content (AvgIpc) is 2.54. The summed E-state index contributed by atoms with van der Waals surface area (Å²) in [6.07, 6.45) is 0.748. The number of hydrogen-bond acceptors (Lipinski definition) is 5. The third-order valence-electron chi connectivity index (χ3n) is 2.86. The Morgan fingerprint density at radius 2 is 2.20 bits per heavy atom. The topological polar surface area (TPSA) is 89.6 Å². The van der Waals surface area contributed by atoms with E-state index in [-0.39, 0.29) is 11.6 Å². The summed E-state index contributed by atoms with van der Waals surface area (Å²) in [7, 11) is 1.88. The molecule has 1 atom stereocenters. The Labute approximate surface area is 121 Å². The SMILES string of the molecule is Cc1cc(=O)[nH]c(Sc2c(CC(C)N)c(C)nn2C)n1. The summed E-state index contributed by atoms with van der Waals surface area (Å²) >= 11 is 1.41. The summed E-state index contributed by atoms with van der Waals surface area (Å²) in [5, 5.41) is 5.96. The van der Waals surface area contributed by atoms with Gasteiger partial charge in [0.2, 0.25) is 0 Å². The van der Waals surface area contributed by atoms with E-state index in [4.69, 9.17) is 5.73 Å². The molecule has 2 rings (SSSR count). The van der Waals surface area contributed by atoms with Gasteiger partial charge in [-0.2, -0.15) is 5.10 Å². The van der Waals surface area contributed by atoms with E-state index in [1.165, 1.54) is 17.8 Å². The first kappa shape index (κ1) is 14.8. The van der Waals surface area contributed by atoms with E-state index in [0.29, 0.717) is 10.9 Å². The molecule has 0 radical (unpaired) electrons. The lowest BCUT2D eigenvalue weighted by Gasteiger charge is -2.08. The van der Waals surface area contributed by atoms with E-state index in [0.717, 1.165) is 22.7 Å². The fourth-order valence-electron chi connectivity index (χ4n) is 2.06. The third kappa shape index (κ3) is 3.29. The molecule has 0 saturated heterocycles. The molecule has 1 unspecified atom stereocenters. The first-order valence-corrected chi connectivity index (χ1v) is 7.22. The maximum absolute atomic E-state index is 11.5. The lowest BCUT2D eigenvalue weighted by atomic mass is 10.1. The minimum atomic E-state index is -0.146. The highest BCUT2D eigenvalue weighted by molar-refractivity contribution is 7.99. The summed E-state index contributed by atoms with van der Waals surface area (Å²) in [5.41, 5.74) is 8.51. The van der Waals surface area contributed by atoms with E-state index in [1.54, 1.807) is 11.6 Å². The summed E-state index contributed by atoms with van der Waals surface area (Å²) < 4.78 is 1.81. The summed E-state index contributed by atoms with van der Waals surface area (Å²) in [4.78, 5) is 18.6. The molecular formula is C13H19N5OS. The van der Waals surface area contributed by atoms with E-state index in [2.05, 4.69) is 15.1 Å². The van der Waals surface area contributed by atoms with Crippen LogP contribution in [0.3, 0.4) is 0 Å². The molecule has 0 aliphatic rings. The van der Waals surface area contributed by atoms with Crippen LogP contribution in [0.1, 0.15) is 23.9 Å². The number of rotatable bonds is 4. The molecule has 0 aromatic carbocycles. The van der Waals surface area contributed by atoms with Crippen molar-refractivity contribution in [3.8, 4) is 0 Å². The van der Waals surface area contributed by atoms with Crippen molar-refractivity contribution < 1.29 is 0 Å². The number of nitrogens with zero attached hydrogens (tertiary/aromatic N) is 3. The summed E-state index contributed by atoms with van der Waals surface area (Å²) in [6, 6.07) is 1.53. The maximum atomic E-state index is 11.5. The monoisotopic (exact) mass is 293 g/mol. The molecule has 0 spiro atoms. The van der Waals surface area contributed by atoms with Crippen LogP contribution in [0.5, 0.6) is 0 Å². The third-order valence-corrected chi connectivity index (χ3v) is 3.95. The zero-order valence-corrected chi connectivity index (χ0v) is 12.9. The second kappa shape index (κ2) is 5.80. The van der Waals surface area contributed by atoms with Crippen LogP contribution >= 0.6 is 11.8 Å². The Balaban J connectivity index is 2.39. The standard InChI is InChI=1S/C13H19N5OS/c1-7(14)5-10-9(3)17-18(4)12(10)20-13-15-8(2)6-11(19)16-13/h6-7H,5,14H2,1-4H3,(H,15,16,19). The Morgan fingerprint density at radius 3 is 2.80 bits per heavy atom. The van der Waals surface area contributed by atoms with E-state index < -0.39 is 0 Å². The fourth-order valence-corrected chi connectivity index (χ4v) is 3.11. The Morgan fingerprint density at radius 1 is 1.50 bits per heavy atom. The second-order valence-electron chi connectivity index (χ2n) is 4.97. The van der Waals surface area contributed by atoms with Crippen molar-refractivity contribution in [2.24, 2.45) is 12.8 Å². The van der Waals surface area contributed by atoms with Crippen LogP contribution in [0.25, 0.3) is 0 Å². The number of aromatic nitrogens is 4. The minimum Gasteiger partial charge on any atom is -0.328 e. The number of H-pyrrole nitrogens is 1. The highest BCUT2D eigenvalue weighted by atomic mass is 32.2. The smallest absolute Gasteiger partial charge is 0.251 e. The van der Waals surface area contributed by atoms with Gasteiger partial charge in [0.15, 0.2) is 5.16 Å². The molecule has 6 nitrogen and oxygen atoms in total. The van der Waals surface area contributed by atoms with Crippen molar-refractivity contribution in [1.29, 1.82) is 0 Å². The van der Waals surface area contributed by atoms with Crippen molar-refractivity contribution in [2.75, 3.05) is 0 Å². The van der Waals surface area contributed by atoms with Gasteiger partial charge in [0.05, 0.1) is 5.69 Å². The van der Waals surface area contributed by atoms with Gasteiger partial charge in [-0.25, -0.2) is 4.98 Å². The van der Waals surface area contributed by atoms with Crippen molar-refractivity contribution in [3.63, 3.8) is 0 Å². The summed E-state index contributed by atoms with van der Waals surface area (Å²) in [5.74, 6) is 0. The first-order valence-electron chi connectivity index (χ1n) is 6.40. The zero-order valence-electron chi connectivity index (χ0n) is 12.1. The molecule has 0 saturated carbocycles. The molecule has 2 aromatic rings. The average molecular weight is 293 g/mol. The van der Waals surface area contributed by atoms with E-state index in [1.807, 2.05) is 20.9 Å². The van der Waals surface area contributed by atoms with Gasteiger partial charge in [0.1, 0.15) is 5.03 Å². The lowest BCUT2D eigenvalue weighted by molar-refractivity contribution is 0.675. The fraction of sp³-hybridized carbons (Fsp3) is 0.462. The Kier molecular flexibility index (Phi) is 4.29. The van der Waals surface area contributed by atoms with E-state index >= 15 is 0 Å². The molecule has 0 fully saturated rings. The van der Waals surface area contributed by atoms with Gasteiger partial charge in [-0.05, 0) is 39.0 Å². The van der Waals surface area contributed by atoms with Gasteiger partial charge in [0.25, 0.3) is 5.56 Å². The van der Waals surface area contributed by atoms with Crippen LogP contribution in [-0.2, 0) is 13.5 Å². The Bertz CT molecular complexity index is 674. The van der Waals surface area contributed by atoms with Gasteiger partial charge in [-0.15, -0.1) is 0 Å². The van der Waals surface area contributed by atoms with Crippen molar-refractivity contribution >= 4 is 11.8 Å². The summed E-state index contributed by atoms with van der Waals surface area (Å²) in [6.45, 7) is 5.73. The largest absolute Gasteiger partial charge is 0.328 e. The van der Waals surface area contributed by atoms with Crippen molar-refractivity contribution in [1.82, 2.24) is 19.7 Å². The molecule has 7 heteroatoms. The lowest BCUT2D eigenvalue weighted by Crippen LogP contribution is -2.18. The number of hydrogen-bond donors (Lipinski definition) is 2. The molecule has 20 heavy (non-hydrogen) atoms. The molecule has 0 amide bonds. The predicted octanol–water partition coefficient (Wildman–Crippen LogP) is 1.16. The van der Waals surface area contributed by atoms with Gasteiger partial charge in [-0.3, -0.25) is 9.48 Å². The molecule has 0 aliphatic heterocycles. The molecule has 2 heterocycles. The van der Waals surface area contributed by atoms with Crippen molar-refractivity contribution in [3.05, 3.63) is 33.4 Å². The van der Waals surface area contributed by atoms with Crippen molar-refractivity contribution in [2.45, 2.75) is 43.4 Å². The quantitative estimate of drug-likeness (QED) is 0.826. The van der Waals surface area contributed by atoms with Crippen LogP contribution in [0.2, 0.25) is 0 Å². The molecule has 0 bridgehead atoms. The zero-order chi connectivity index (χ0) is 14.9. The van der Waals surface area contributed by atoms with Crippen LogP contribution in [0, 0.1) is 13.8 Å². The number of aryl methyl sites for hydroxylation is 3. The minimum absolute atomic E-state index is 0.0572. The highest BCUT2D eigenvalue weighted by Gasteiger charge is 2.16. The Hall–Kier alpha value is -1.60. The maximum Gasteiger partial charge on any atom is 0.251 e. The molecule has 0 aliphatic carbocycles. The van der Waals surface area contributed by atoms with Crippen LogP contribution in [-0.4, -0.2) is 25.8 Å². The molecule has 3 N–H and O–H groups in total. The van der Waals surface area contributed by atoms with Gasteiger partial charge in [-0.1, -0.05) is 0 Å². The first-order chi connectivity index (χ1) is 9.36. The second-order valence-corrected chi connectivity index (χ2v) is 5.95. The van der Waals surface area contributed by atoms with Gasteiger partial charge < -0.3 is 10.7 Å². The normalized spacial score (nSPS) is 12.7. The number of aromatic amines is 1. The predicted molar refractivity (Wildman–Crippen MR) is 79.0 cm³/mol. The van der Waals surface area contributed by atoms with Crippen LogP contribution < -0.4 is 11.3 Å². The van der Waals surface area contributed by atoms with Gasteiger partial charge in [0, 0.05) is 30.4 Å². The number of nitrogens with two attached hydrogens (primary N) is 1. The van der Waals surface area contributed by atoms with Gasteiger partial charge >= 0.3 is 0 Å². The van der Waals surface area contributed by atoms with E-state index in [9.17, 15) is 4.79 Å². The molecule has 108 valence electrons.